The van der Waals surface area contributed by atoms with Crippen molar-refractivity contribution in [2.24, 2.45) is 0 Å². The van der Waals surface area contributed by atoms with E-state index in [1.807, 2.05) is 36.4 Å². The Kier molecular flexibility index (Phi) is 2.75. The molecular formula is C11H9N3O. The van der Waals surface area contributed by atoms with Crippen LogP contribution in [0.15, 0.2) is 34.7 Å². The van der Waals surface area contributed by atoms with Crippen molar-refractivity contribution in [2.75, 3.05) is 0 Å². The molecule has 0 N–H and O–H groups in total. The average Bonchev–Trinajstić information content (AvgIpc) is 2.76. The van der Waals surface area contributed by atoms with E-state index in [0.717, 1.165) is 5.56 Å². The topological polar surface area (TPSA) is 62.7 Å². The highest BCUT2D eigenvalue weighted by Crippen LogP contribution is 2.17. The molecule has 1 heterocycles. The third kappa shape index (κ3) is 2.20. The maximum atomic E-state index is 8.41. The molecule has 0 spiro atoms. The van der Waals surface area contributed by atoms with Crippen LogP contribution in [-0.4, -0.2) is 10.2 Å². The van der Waals surface area contributed by atoms with Crippen LogP contribution in [0, 0.1) is 11.3 Å². The van der Waals surface area contributed by atoms with Gasteiger partial charge in [-0.05, 0) is 12.1 Å². The largest absolute Gasteiger partial charge is 0.421 e. The summed E-state index contributed by atoms with van der Waals surface area (Å²) >= 11 is 0. The first kappa shape index (κ1) is 9.41. The van der Waals surface area contributed by atoms with E-state index in [1.54, 1.807) is 0 Å². The molecule has 0 aliphatic carbocycles. The molecule has 0 amide bonds. The van der Waals surface area contributed by atoms with Crippen LogP contribution in [-0.2, 0) is 6.42 Å². The van der Waals surface area contributed by atoms with Crippen LogP contribution in [0.3, 0.4) is 0 Å². The Balaban J connectivity index is 2.18. The molecule has 1 aromatic carbocycles. The smallest absolute Gasteiger partial charge is 0.247 e. The monoisotopic (exact) mass is 199 g/mol. The Hall–Kier alpha value is -2.15. The van der Waals surface area contributed by atoms with E-state index in [2.05, 4.69) is 10.2 Å². The second kappa shape index (κ2) is 4.38. The molecule has 0 radical (unpaired) electrons. The van der Waals surface area contributed by atoms with Crippen molar-refractivity contribution < 1.29 is 4.42 Å². The van der Waals surface area contributed by atoms with Gasteiger partial charge in [-0.1, -0.05) is 18.2 Å². The minimum Gasteiger partial charge on any atom is -0.421 e. The molecule has 2 aromatic rings. The fourth-order valence-corrected chi connectivity index (χ4v) is 1.21. The van der Waals surface area contributed by atoms with Crippen molar-refractivity contribution in [3.63, 3.8) is 0 Å². The summed E-state index contributed by atoms with van der Waals surface area (Å²) in [5, 5.41) is 16.2. The zero-order valence-electron chi connectivity index (χ0n) is 8.05. The molecular weight excluding hydrogens is 190 g/mol. The standard InChI is InChI=1S/C11H9N3O/c12-8-4-7-10-13-14-11(15-10)9-5-2-1-3-6-9/h1-3,5-6H,4,7H2. The molecule has 74 valence electrons. The molecule has 1 aromatic heterocycles. The summed E-state index contributed by atoms with van der Waals surface area (Å²) in [4.78, 5) is 0. The first-order valence-corrected chi connectivity index (χ1v) is 4.65. The Morgan fingerprint density at radius 2 is 2.00 bits per heavy atom. The molecule has 2 rings (SSSR count). The third-order valence-corrected chi connectivity index (χ3v) is 1.94. The molecule has 0 saturated carbocycles. The van der Waals surface area contributed by atoms with Gasteiger partial charge in [0.05, 0.1) is 6.07 Å². The van der Waals surface area contributed by atoms with Gasteiger partial charge >= 0.3 is 0 Å². The second-order valence-corrected chi connectivity index (χ2v) is 3.03. The van der Waals surface area contributed by atoms with Crippen LogP contribution in [0.5, 0.6) is 0 Å². The minimum absolute atomic E-state index is 0.399. The molecule has 0 fully saturated rings. The van der Waals surface area contributed by atoms with Crippen LogP contribution in [0.4, 0.5) is 0 Å². The molecule has 4 heteroatoms. The molecule has 0 aliphatic heterocycles. The Morgan fingerprint density at radius 3 is 2.73 bits per heavy atom. The molecule has 0 unspecified atom stereocenters. The number of rotatable bonds is 3. The van der Waals surface area contributed by atoms with Crippen molar-refractivity contribution >= 4 is 0 Å². The number of aromatic nitrogens is 2. The highest BCUT2D eigenvalue weighted by molar-refractivity contribution is 5.51. The van der Waals surface area contributed by atoms with Crippen LogP contribution in [0.25, 0.3) is 11.5 Å². The zero-order valence-corrected chi connectivity index (χ0v) is 8.05. The summed E-state index contributed by atoms with van der Waals surface area (Å²) in [6.45, 7) is 0. The first-order valence-electron chi connectivity index (χ1n) is 4.65. The number of nitriles is 1. The lowest BCUT2D eigenvalue weighted by molar-refractivity contribution is 0.507. The van der Waals surface area contributed by atoms with E-state index in [4.69, 9.17) is 9.68 Å². The van der Waals surface area contributed by atoms with Crippen LogP contribution >= 0.6 is 0 Å². The summed E-state index contributed by atoms with van der Waals surface area (Å²) in [7, 11) is 0. The average molecular weight is 199 g/mol. The van der Waals surface area contributed by atoms with E-state index >= 15 is 0 Å². The van der Waals surface area contributed by atoms with Crippen molar-refractivity contribution in [1.82, 2.24) is 10.2 Å². The summed E-state index contributed by atoms with van der Waals surface area (Å²) in [6.07, 6.45) is 0.909. The van der Waals surface area contributed by atoms with Gasteiger partial charge in [0.1, 0.15) is 0 Å². The fourth-order valence-electron chi connectivity index (χ4n) is 1.21. The van der Waals surface area contributed by atoms with E-state index in [9.17, 15) is 0 Å². The lowest BCUT2D eigenvalue weighted by Gasteiger charge is -1.91. The van der Waals surface area contributed by atoms with Gasteiger partial charge < -0.3 is 4.42 Å². The van der Waals surface area contributed by atoms with Gasteiger partial charge in [-0.25, -0.2) is 0 Å². The fraction of sp³-hybridized carbons (Fsp3) is 0.182. The number of benzene rings is 1. The highest BCUT2D eigenvalue weighted by atomic mass is 16.4. The normalized spacial score (nSPS) is 9.80. The molecule has 0 aliphatic rings. The molecule has 0 bridgehead atoms. The van der Waals surface area contributed by atoms with Crippen LogP contribution in [0.1, 0.15) is 12.3 Å². The van der Waals surface area contributed by atoms with E-state index in [-0.39, 0.29) is 0 Å². The maximum absolute atomic E-state index is 8.41. The molecule has 4 nitrogen and oxygen atoms in total. The van der Waals surface area contributed by atoms with Crippen molar-refractivity contribution in [3.05, 3.63) is 36.2 Å². The summed E-state index contributed by atoms with van der Waals surface area (Å²) in [5.74, 6) is 1.01. The molecule has 15 heavy (non-hydrogen) atoms. The van der Waals surface area contributed by atoms with Crippen LogP contribution in [0.2, 0.25) is 0 Å². The zero-order chi connectivity index (χ0) is 10.5. The minimum atomic E-state index is 0.399. The number of aryl methyl sites for hydroxylation is 1. The van der Waals surface area contributed by atoms with Gasteiger partial charge in [-0.2, -0.15) is 5.26 Å². The van der Waals surface area contributed by atoms with Gasteiger partial charge in [0.2, 0.25) is 11.8 Å². The highest BCUT2D eigenvalue weighted by Gasteiger charge is 2.06. The van der Waals surface area contributed by atoms with E-state index < -0.39 is 0 Å². The number of nitrogens with zero attached hydrogens (tertiary/aromatic N) is 3. The molecule has 0 atom stereocenters. The Bertz CT molecular complexity index is 470. The van der Waals surface area contributed by atoms with Crippen molar-refractivity contribution in [2.45, 2.75) is 12.8 Å². The van der Waals surface area contributed by atoms with Crippen molar-refractivity contribution in [3.8, 4) is 17.5 Å². The van der Waals surface area contributed by atoms with Crippen molar-refractivity contribution in [1.29, 1.82) is 5.26 Å². The number of hydrogen-bond donors (Lipinski definition) is 0. The SMILES string of the molecule is N#CCCc1nnc(-c2ccccc2)o1. The lowest BCUT2D eigenvalue weighted by Crippen LogP contribution is -1.82. The van der Waals surface area contributed by atoms with Crippen LogP contribution < -0.4 is 0 Å². The third-order valence-electron chi connectivity index (χ3n) is 1.94. The Labute approximate surface area is 87.2 Å². The van der Waals surface area contributed by atoms with Gasteiger partial charge in [0.15, 0.2) is 0 Å². The Morgan fingerprint density at radius 1 is 1.20 bits per heavy atom. The first-order chi connectivity index (χ1) is 7.40. The van der Waals surface area contributed by atoms with Gasteiger partial charge in [0, 0.05) is 18.4 Å². The predicted molar refractivity (Wildman–Crippen MR) is 53.7 cm³/mol. The summed E-state index contributed by atoms with van der Waals surface area (Å²) < 4.78 is 5.40. The van der Waals surface area contributed by atoms with E-state index in [0.29, 0.717) is 24.6 Å². The van der Waals surface area contributed by atoms with Gasteiger partial charge in [-0.15, -0.1) is 10.2 Å². The predicted octanol–water partition coefficient (Wildman–Crippen LogP) is 2.19. The summed E-state index contributed by atoms with van der Waals surface area (Å²) in [6, 6.07) is 11.6. The quantitative estimate of drug-likeness (QED) is 0.760. The molecule has 0 saturated heterocycles. The maximum Gasteiger partial charge on any atom is 0.247 e. The van der Waals surface area contributed by atoms with Gasteiger partial charge in [-0.3, -0.25) is 0 Å². The lowest BCUT2D eigenvalue weighted by atomic mass is 10.2. The second-order valence-electron chi connectivity index (χ2n) is 3.03. The van der Waals surface area contributed by atoms with E-state index in [1.165, 1.54) is 0 Å². The summed E-state index contributed by atoms with van der Waals surface area (Å²) in [5.41, 5.74) is 0.896. The number of hydrogen-bond acceptors (Lipinski definition) is 4. The van der Waals surface area contributed by atoms with Gasteiger partial charge in [0.25, 0.3) is 0 Å².